The second-order valence-electron chi connectivity index (χ2n) is 7.13. The maximum Gasteiger partial charge on any atom is 0.225 e. The number of amides is 1. The van der Waals surface area contributed by atoms with Crippen molar-refractivity contribution >= 4 is 23.3 Å². The molecule has 1 saturated heterocycles. The van der Waals surface area contributed by atoms with E-state index in [9.17, 15) is 4.79 Å². The summed E-state index contributed by atoms with van der Waals surface area (Å²) in [6.45, 7) is 5.82. The van der Waals surface area contributed by atoms with Crippen molar-refractivity contribution in [3.63, 3.8) is 0 Å². The zero-order valence-corrected chi connectivity index (χ0v) is 16.7. The summed E-state index contributed by atoms with van der Waals surface area (Å²) in [7, 11) is 0. The molecule has 0 aliphatic carbocycles. The zero-order valence-electron chi connectivity index (χ0n) is 16.0. The molecule has 1 N–H and O–H groups in total. The number of halogens is 1. The van der Waals surface area contributed by atoms with Crippen molar-refractivity contribution in [2.75, 3.05) is 18.0 Å². The van der Waals surface area contributed by atoms with Crippen LogP contribution in [0.25, 0.3) is 0 Å². The van der Waals surface area contributed by atoms with Crippen molar-refractivity contribution in [1.82, 2.24) is 15.3 Å². The molecule has 0 spiro atoms. The Morgan fingerprint density at radius 1 is 1.26 bits per heavy atom. The van der Waals surface area contributed by atoms with Gasteiger partial charge in [-0.25, -0.2) is 4.98 Å². The molecule has 1 unspecified atom stereocenters. The van der Waals surface area contributed by atoms with Crippen LogP contribution in [0.5, 0.6) is 0 Å². The normalized spacial score (nSPS) is 17.6. The number of piperidine rings is 1. The quantitative estimate of drug-likeness (QED) is 0.809. The molecule has 0 radical (unpaired) electrons. The van der Waals surface area contributed by atoms with E-state index in [1.807, 2.05) is 24.3 Å². The van der Waals surface area contributed by atoms with Gasteiger partial charge < -0.3 is 10.2 Å². The molecule has 2 heterocycles. The van der Waals surface area contributed by atoms with E-state index in [2.05, 4.69) is 34.0 Å². The molecule has 1 fully saturated rings. The molecule has 3 rings (SSSR count). The molecule has 2 aromatic rings. The van der Waals surface area contributed by atoms with Crippen LogP contribution >= 0.6 is 11.6 Å². The molecule has 6 heteroatoms. The van der Waals surface area contributed by atoms with Crippen LogP contribution in [0.4, 0.5) is 5.82 Å². The van der Waals surface area contributed by atoms with Gasteiger partial charge in [-0.1, -0.05) is 37.6 Å². The summed E-state index contributed by atoms with van der Waals surface area (Å²) in [6.07, 6.45) is 8.65. The molecule has 0 saturated carbocycles. The van der Waals surface area contributed by atoms with E-state index in [1.165, 1.54) is 0 Å². The molecule has 1 aliphatic heterocycles. The number of carbonyl (C=O) groups is 1. The SMILES string of the molecule is CCC(CC)(NC(=O)C1CCCN(c2cnccn2)C1)c1ccc(Cl)cc1. The highest BCUT2D eigenvalue weighted by Crippen LogP contribution is 2.31. The lowest BCUT2D eigenvalue weighted by Gasteiger charge is -2.38. The number of hydrogen-bond acceptors (Lipinski definition) is 4. The first-order valence-corrected chi connectivity index (χ1v) is 10.0. The minimum atomic E-state index is -0.365. The Morgan fingerprint density at radius 2 is 2.00 bits per heavy atom. The summed E-state index contributed by atoms with van der Waals surface area (Å²) in [5, 5.41) is 4.07. The summed E-state index contributed by atoms with van der Waals surface area (Å²) in [6, 6.07) is 7.81. The van der Waals surface area contributed by atoms with Crippen molar-refractivity contribution in [2.24, 2.45) is 5.92 Å². The Labute approximate surface area is 166 Å². The van der Waals surface area contributed by atoms with Gasteiger partial charge in [0.1, 0.15) is 5.82 Å². The number of benzene rings is 1. The maximum atomic E-state index is 13.1. The Balaban J connectivity index is 1.74. The molecule has 1 amide bonds. The van der Waals surface area contributed by atoms with Crippen molar-refractivity contribution < 1.29 is 4.79 Å². The van der Waals surface area contributed by atoms with Crippen LogP contribution < -0.4 is 10.2 Å². The van der Waals surface area contributed by atoms with E-state index < -0.39 is 0 Å². The number of nitrogens with one attached hydrogen (secondary N) is 1. The maximum absolute atomic E-state index is 13.1. The van der Waals surface area contributed by atoms with Crippen molar-refractivity contribution in [2.45, 2.75) is 45.1 Å². The monoisotopic (exact) mass is 386 g/mol. The molecule has 1 aromatic carbocycles. The van der Waals surface area contributed by atoms with Gasteiger partial charge in [0.25, 0.3) is 0 Å². The summed E-state index contributed by atoms with van der Waals surface area (Å²) < 4.78 is 0. The first-order chi connectivity index (χ1) is 13.1. The second kappa shape index (κ2) is 8.70. The minimum Gasteiger partial charge on any atom is -0.355 e. The fourth-order valence-corrected chi connectivity index (χ4v) is 3.99. The molecular weight excluding hydrogens is 360 g/mol. The molecule has 144 valence electrons. The van der Waals surface area contributed by atoms with Crippen LogP contribution in [0.1, 0.15) is 45.1 Å². The Kier molecular flexibility index (Phi) is 6.32. The number of aromatic nitrogens is 2. The Bertz CT molecular complexity index is 747. The third kappa shape index (κ3) is 4.41. The van der Waals surface area contributed by atoms with Crippen LogP contribution in [0.3, 0.4) is 0 Å². The number of rotatable bonds is 6. The van der Waals surface area contributed by atoms with Gasteiger partial charge in [0.2, 0.25) is 5.91 Å². The predicted octanol–water partition coefficient (Wildman–Crippen LogP) is 4.18. The molecule has 1 aliphatic rings. The summed E-state index contributed by atoms with van der Waals surface area (Å²) in [4.78, 5) is 23.8. The average Bonchev–Trinajstić information content (AvgIpc) is 2.73. The van der Waals surface area contributed by atoms with Gasteiger partial charge in [-0.2, -0.15) is 0 Å². The number of hydrogen-bond donors (Lipinski definition) is 1. The molecular formula is C21H27ClN4O. The fraction of sp³-hybridized carbons (Fsp3) is 0.476. The molecule has 1 aromatic heterocycles. The lowest BCUT2D eigenvalue weighted by molar-refractivity contribution is -0.127. The first-order valence-electron chi connectivity index (χ1n) is 9.67. The van der Waals surface area contributed by atoms with Crippen molar-refractivity contribution in [3.05, 3.63) is 53.4 Å². The van der Waals surface area contributed by atoms with Gasteiger partial charge in [0.15, 0.2) is 0 Å². The van der Waals surface area contributed by atoms with Gasteiger partial charge >= 0.3 is 0 Å². The van der Waals surface area contributed by atoms with E-state index in [1.54, 1.807) is 18.6 Å². The van der Waals surface area contributed by atoms with Crippen molar-refractivity contribution in [3.8, 4) is 0 Å². The van der Waals surface area contributed by atoms with E-state index in [0.29, 0.717) is 11.6 Å². The van der Waals surface area contributed by atoms with E-state index in [-0.39, 0.29) is 17.4 Å². The zero-order chi connectivity index (χ0) is 19.3. The number of nitrogens with zero attached hydrogens (tertiary/aromatic N) is 3. The summed E-state index contributed by atoms with van der Waals surface area (Å²) in [5.74, 6) is 0.901. The number of carbonyl (C=O) groups excluding carboxylic acids is 1. The Hall–Kier alpha value is -2.14. The molecule has 1 atom stereocenters. The minimum absolute atomic E-state index is 0.0504. The third-order valence-electron chi connectivity index (χ3n) is 5.63. The Morgan fingerprint density at radius 3 is 2.63 bits per heavy atom. The highest BCUT2D eigenvalue weighted by molar-refractivity contribution is 6.30. The third-order valence-corrected chi connectivity index (χ3v) is 5.88. The van der Waals surface area contributed by atoms with Gasteiger partial charge in [-0.3, -0.25) is 9.78 Å². The van der Waals surface area contributed by atoms with E-state index in [4.69, 9.17) is 11.6 Å². The predicted molar refractivity (Wildman–Crippen MR) is 109 cm³/mol. The van der Waals surface area contributed by atoms with Crippen LogP contribution in [0.2, 0.25) is 5.02 Å². The van der Waals surface area contributed by atoms with Gasteiger partial charge in [-0.05, 0) is 43.4 Å². The highest BCUT2D eigenvalue weighted by atomic mass is 35.5. The average molecular weight is 387 g/mol. The molecule has 0 bridgehead atoms. The molecule has 5 nitrogen and oxygen atoms in total. The fourth-order valence-electron chi connectivity index (χ4n) is 3.87. The number of anilines is 1. The highest BCUT2D eigenvalue weighted by Gasteiger charge is 2.34. The van der Waals surface area contributed by atoms with Crippen LogP contribution in [-0.4, -0.2) is 29.0 Å². The molecule has 27 heavy (non-hydrogen) atoms. The summed E-state index contributed by atoms with van der Waals surface area (Å²) >= 11 is 6.05. The topological polar surface area (TPSA) is 58.1 Å². The van der Waals surface area contributed by atoms with Gasteiger partial charge in [0.05, 0.1) is 17.7 Å². The van der Waals surface area contributed by atoms with Gasteiger partial charge in [0, 0.05) is 30.5 Å². The van der Waals surface area contributed by atoms with Crippen LogP contribution in [0.15, 0.2) is 42.9 Å². The van der Waals surface area contributed by atoms with E-state index in [0.717, 1.165) is 43.6 Å². The van der Waals surface area contributed by atoms with Gasteiger partial charge in [-0.15, -0.1) is 0 Å². The van der Waals surface area contributed by atoms with Crippen LogP contribution in [0, 0.1) is 5.92 Å². The first kappa shape index (κ1) is 19.6. The standard InChI is InChI=1S/C21H27ClN4O/c1-3-21(4-2,17-7-9-18(22)10-8-17)25-20(27)16-6-5-13-26(15-16)19-14-23-11-12-24-19/h7-12,14,16H,3-6,13,15H2,1-2H3,(H,25,27). The lowest BCUT2D eigenvalue weighted by Crippen LogP contribution is -2.51. The lowest BCUT2D eigenvalue weighted by atomic mass is 9.83. The largest absolute Gasteiger partial charge is 0.355 e. The van der Waals surface area contributed by atoms with Crippen LogP contribution in [-0.2, 0) is 10.3 Å². The van der Waals surface area contributed by atoms with E-state index >= 15 is 0 Å². The smallest absolute Gasteiger partial charge is 0.225 e. The van der Waals surface area contributed by atoms with Crippen molar-refractivity contribution in [1.29, 1.82) is 0 Å². The second-order valence-corrected chi connectivity index (χ2v) is 7.57. The summed E-state index contributed by atoms with van der Waals surface area (Å²) in [5.41, 5.74) is 0.739.